The fourth-order valence-corrected chi connectivity index (χ4v) is 1.88. The molecule has 20 heavy (non-hydrogen) atoms. The molecule has 1 N–H and O–H groups in total. The molecule has 0 bridgehead atoms. The van der Waals surface area contributed by atoms with Gasteiger partial charge in [-0.05, 0) is 38.8 Å². The number of hydrogen-bond acceptors (Lipinski definition) is 4. The molecule has 4 nitrogen and oxygen atoms in total. The predicted octanol–water partition coefficient (Wildman–Crippen LogP) is 3.75. The lowest BCUT2D eigenvalue weighted by molar-refractivity contribution is -0.286. The molecule has 0 atom stereocenters. The molecule has 108 valence electrons. The van der Waals surface area contributed by atoms with Gasteiger partial charge in [0.15, 0.2) is 11.5 Å². The van der Waals surface area contributed by atoms with E-state index in [0.717, 1.165) is 12.8 Å². The summed E-state index contributed by atoms with van der Waals surface area (Å²) in [6.07, 6.45) is -2.01. The minimum absolute atomic E-state index is 0.0253. The van der Waals surface area contributed by atoms with E-state index >= 15 is 0 Å². The first-order valence-electron chi connectivity index (χ1n) is 6.36. The molecular formula is C14H16F2N2O2. The average molecular weight is 282 g/mol. The molecule has 0 fully saturated rings. The summed E-state index contributed by atoms with van der Waals surface area (Å²) in [5, 5.41) is 12.0. The Labute approximate surface area is 116 Å². The van der Waals surface area contributed by atoms with Gasteiger partial charge < -0.3 is 14.8 Å². The quantitative estimate of drug-likeness (QED) is 0.836. The summed E-state index contributed by atoms with van der Waals surface area (Å²) in [4.78, 5) is 0. The van der Waals surface area contributed by atoms with Gasteiger partial charge in [-0.1, -0.05) is 0 Å². The van der Waals surface area contributed by atoms with E-state index in [0.29, 0.717) is 12.2 Å². The van der Waals surface area contributed by atoms with E-state index in [4.69, 9.17) is 5.26 Å². The molecule has 0 amide bonds. The van der Waals surface area contributed by atoms with Crippen LogP contribution in [0.5, 0.6) is 11.5 Å². The molecule has 1 heterocycles. The molecule has 0 saturated heterocycles. The third-order valence-corrected chi connectivity index (χ3v) is 3.01. The van der Waals surface area contributed by atoms with Crippen LogP contribution in [-0.2, 0) is 0 Å². The van der Waals surface area contributed by atoms with Crippen LogP contribution < -0.4 is 14.8 Å². The van der Waals surface area contributed by atoms with Crippen molar-refractivity contribution in [2.24, 2.45) is 5.41 Å². The zero-order chi connectivity index (χ0) is 14.8. The van der Waals surface area contributed by atoms with Crippen LogP contribution in [0.1, 0.15) is 26.7 Å². The minimum Gasteiger partial charge on any atom is -0.395 e. The number of alkyl halides is 2. The molecular weight excluding hydrogens is 266 g/mol. The molecule has 1 aliphatic heterocycles. The Bertz CT molecular complexity index is 538. The van der Waals surface area contributed by atoms with E-state index in [1.54, 1.807) is 6.07 Å². The third-order valence-electron chi connectivity index (χ3n) is 3.01. The Hall–Kier alpha value is -2.03. The van der Waals surface area contributed by atoms with Crippen LogP contribution in [0.2, 0.25) is 0 Å². The number of nitrogens with one attached hydrogen (secondary N) is 1. The fourth-order valence-electron chi connectivity index (χ4n) is 1.88. The van der Waals surface area contributed by atoms with Gasteiger partial charge in [0.25, 0.3) is 0 Å². The second-order valence-electron chi connectivity index (χ2n) is 5.36. The zero-order valence-electron chi connectivity index (χ0n) is 11.4. The third kappa shape index (κ3) is 3.50. The van der Waals surface area contributed by atoms with Gasteiger partial charge in [-0.2, -0.15) is 5.26 Å². The van der Waals surface area contributed by atoms with Gasteiger partial charge in [-0.25, -0.2) is 0 Å². The molecule has 0 aliphatic carbocycles. The lowest BCUT2D eigenvalue weighted by atomic mass is 9.90. The van der Waals surface area contributed by atoms with E-state index in [2.05, 4.69) is 20.9 Å². The SMILES string of the molecule is CC(C)(C#N)CCCNc1ccc2c(c1)OC(F)(F)O2. The highest BCUT2D eigenvalue weighted by Gasteiger charge is 2.43. The Balaban J connectivity index is 1.86. The molecule has 0 saturated carbocycles. The van der Waals surface area contributed by atoms with Gasteiger partial charge in [0.2, 0.25) is 0 Å². The summed E-state index contributed by atoms with van der Waals surface area (Å²) < 4.78 is 34.4. The highest BCUT2D eigenvalue weighted by molar-refractivity contribution is 5.55. The standard InChI is InChI=1S/C14H16F2N2O2/c1-13(2,9-17)6-3-7-18-10-4-5-11-12(8-10)20-14(15,16)19-11/h4-5,8,18H,3,6-7H2,1-2H3. The van der Waals surface area contributed by atoms with Crippen LogP contribution in [0.3, 0.4) is 0 Å². The zero-order valence-corrected chi connectivity index (χ0v) is 11.4. The first kappa shape index (κ1) is 14.4. The summed E-state index contributed by atoms with van der Waals surface area (Å²) in [7, 11) is 0. The van der Waals surface area contributed by atoms with Crippen LogP contribution in [0.15, 0.2) is 18.2 Å². The number of rotatable bonds is 5. The van der Waals surface area contributed by atoms with Gasteiger partial charge in [-0.15, -0.1) is 8.78 Å². The lowest BCUT2D eigenvalue weighted by Crippen LogP contribution is -2.25. The molecule has 6 heteroatoms. The molecule has 1 aromatic carbocycles. The van der Waals surface area contributed by atoms with Crippen molar-refractivity contribution in [1.29, 1.82) is 5.26 Å². The summed E-state index contributed by atoms with van der Waals surface area (Å²) in [6.45, 7) is 4.42. The molecule has 0 unspecified atom stereocenters. The Morgan fingerprint density at radius 1 is 1.30 bits per heavy atom. The highest BCUT2D eigenvalue weighted by atomic mass is 19.3. The Kier molecular flexibility index (Phi) is 3.71. The number of anilines is 1. The van der Waals surface area contributed by atoms with Crippen molar-refractivity contribution in [3.05, 3.63) is 18.2 Å². The fraction of sp³-hybridized carbons (Fsp3) is 0.500. The van der Waals surface area contributed by atoms with E-state index in [1.165, 1.54) is 12.1 Å². The van der Waals surface area contributed by atoms with E-state index < -0.39 is 6.29 Å². The van der Waals surface area contributed by atoms with Gasteiger partial charge in [0.05, 0.1) is 11.5 Å². The summed E-state index contributed by atoms with van der Waals surface area (Å²) in [5.41, 5.74) is 0.332. The van der Waals surface area contributed by atoms with Crippen molar-refractivity contribution in [2.45, 2.75) is 33.0 Å². The number of nitrogens with zero attached hydrogens (tertiary/aromatic N) is 1. The minimum atomic E-state index is -3.59. The lowest BCUT2D eigenvalue weighted by Gasteiger charge is -2.15. The topological polar surface area (TPSA) is 54.3 Å². The molecule has 1 aromatic rings. The number of nitriles is 1. The van der Waals surface area contributed by atoms with Crippen LogP contribution in [-0.4, -0.2) is 12.8 Å². The number of halogens is 2. The first-order valence-corrected chi connectivity index (χ1v) is 6.36. The smallest absolute Gasteiger partial charge is 0.395 e. The Morgan fingerprint density at radius 2 is 2.00 bits per heavy atom. The van der Waals surface area contributed by atoms with Crippen molar-refractivity contribution in [2.75, 3.05) is 11.9 Å². The van der Waals surface area contributed by atoms with Crippen molar-refractivity contribution in [3.8, 4) is 17.6 Å². The van der Waals surface area contributed by atoms with Crippen molar-refractivity contribution in [3.63, 3.8) is 0 Å². The van der Waals surface area contributed by atoms with Gasteiger partial charge in [0, 0.05) is 18.3 Å². The van der Waals surface area contributed by atoms with Gasteiger partial charge in [0.1, 0.15) is 0 Å². The van der Waals surface area contributed by atoms with Crippen molar-refractivity contribution in [1.82, 2.24) is 0 Å². The normalized spacial score (nSPS) is 15.8. The Morgan fingerprint density at radius 3 is 2.70 bits per heavy atom. The molecule has 0 spiro atoms. The number of benzene rings is 1. The van der Waals surface area contributed by atoms with Crippen LogP contribution in [0.4, 0.5) is 14.5 Å². The molecule has 0 aromatic heterocycles. The number of fused-ring (bicyclic) bond motifs is 1. The van der Waals surface area contributed by atoms with Gasteiger partial charge in [-0.3, -0.25) is 0 Å². The van der Waals surface area contributed by atoms with Crippen LogP contribution in [0.25, 0.3) is 0 Å². The largest absolute Gasteiger partial charge is 0.586 e. The summed E-state index contributed by atoms with van der Waals surface area (Å²) >= 11 is 0. The van der Waals surface area contributed by atoms with Crippen molar-refractivity contribution < 1.29 is 18.3 Å². The monoisotopic (exact) mass is 282 g/mol. The number of hydrogen-bond donors (Lipinski definition) is 1. The van der Waals surface area contributed by atoms with E-state index in [1.807, 2.05) is 13.8 Å². The second-order valence-corrected chi connectivity index (χ2v) is 5.36. The summed E-state index contributed by atoms with van der Waals surface area (Å²) in [6, 6.07) is 6.81. The van der Waals surface area contributed by atoms with E-state index in [-0.39, 0.29) is 16.9 Å². The molecule has 1 aliphatic rings. The van der Waals surface area contributed by atoms with Crippen LogP contribution >= 0.6 is 0 Å². The van der Waals surface area contributed by atoms with Gasteiger partial charge >= 0.3 is 6.29 Å². The molecule has 0 radical (unpaired) electrons. The maximum atomic E-state index is 12.8. The van der Waals surface area contributed by atoms with Crippen molar-refractivity contribution >= 4 is 5.69 Å². The summed E-state index contributed by atoms with van der Waals surface area (Å²) in [5.74, 6) is 0.0588. The second kappa shape index (κ2) is 5.16. The average Bonchev–Trinajstić information content (AvgIpc) is 2.68. The molecule has 2 rings (SSSR count). The maximum Gasteiger partial charge on any atom is 0.586 e. The number of ether oxygens (including phenoxy) is 2. The first-order chi connectivity index (χ1) is 9.31. The van der Waals surface area contributed by atoms with E-state index in [9.17, 15) is 8.78 Å². The highest BCUT2D eigenvalue weighted by Crippen LogP contribution is 2.42. The maximum absolute atomic E-state index is 12.8. The predicted molar refractivity (Wildman–Crippen MR) is 69.8 cm³/mol. The van der Waals surface area contributed by atoms with Crippen LogP contribution in [0, 0.1) is 16.7 Å².